The van der Waals surface area contributed by atoms with E-state index in [-0.39, 0.29) is 0 Å². The van der Waals surface area contributed by atoms with Crippen LogP contribution in [0.15, 0.2) is 12.1 Å². The van der Waals surface area contributed by atoms with Crippen LogP contribution in [0.2, 0.25) is 0 Å². The van der Waals surface area contributed by atoms with Crippen molar-refractivity contribution < 1.29 is 24.1 Å². The SMILES string of the molecule is COc1ccc(C(O)C2(C)CCCO2)c(OC)c1OC. The molecular formula is C15H22O5. The number of aliphatic hydroxyl groups excluding tert-OH is 1. The predicted octanol–water partition coefficient (Wildman–Crippen LogP) is 2.31. The smallest absolute Gasteiger partial charge is 0.203 e. The first-order chi connectivity index (χ1) is 9.57. The van der Waals surface area contributed by atoms with Crippen molar-refractivity contribution in [2.24, 2.45) is 0 Å². The lowest BCUT2D eigenvalue weighted by atomic mass is 9.89. The van der Waals surface area contributed by atoms with E-state index < -0.39 is 11.7 Å². The molecule has 1 saturated heterocycles. The highest BCUT2D eigenvalue weighted by Gasteiger charge is 2.40. The van der Waals surface area contributed by atoms with E-state index in [1.807, 2.05) is 6.92 Å². The molecule has 20 heavy (non-hydrogen) atoms. The van der Waals surface area contributed by atoms with Gasteiger partial charge in [0.15, 0.2) is 11.5 Å². The van der Waals surface area contributed by atoms with Gasteiger partial charge in [-0.25, -0.2) is 0 Å². The lowest BCUT2D eigenvalue weighted by molar-refractivity contribution is -0.0803. The third kappa shape index (κ3) is 2.43. The zero-order valence-corrected chi connectivity index (χ0v) is 12.4. The molecule has 5 heteroatoms. The number of methoxy groups -OCH3 is 3. The number of ether oxygens (including phenoxy) is 4. The van der Waals surface area contributed by atoms with Gasteiger partial charge in [-0.15, -0.1) is 0 Å². The summed E-state index contributed by atoms with van der Waals surface area (Å²) in [4.78, 5) is 0. The van der Waals surface area contributed by atoms with Gasteiger partial charge in [-0.2, -0.15) is 0 Å². The first-order valence-electron chi connectivity index (χ1n) is 6.68. The van der Waals surface area contributed by atoms with Crippen LogP contribution >= 0.6 is 0 Å². The van der Waals surface area contributed by atoms with Crippen molar-refractivity contribution in [1.82, 2.24) is 0 Å². The summed E-state index contributed by atoms with van der Waals surface area (Å²) in [6, 6.07) is 3.55. The Bertz CT molecular complexity index is 466. The fourth-order valence-electron chi connectivity index (χ4n) is 2.68. The summed E-state index contributed by atoms with van der Waals surface area (Å²) in [5.41, 5.74) is 0.0573. The molecule has 1 aliphatic rings. The van der Waals surface area contributed by atoms with Crippen LogP contribution in [-0.4, -0.2) is 38.6 Å². The summed E-state index contributed by atoms with van der Waals surface area (Å²) >= 11 is 0. The minimum absolute atomic E-state index is 0.480. The summed E-state index contributed by atoms with van der Waals surface area (Å²) in [7, 11) is 4.66. The zero-order valence-electron chi connectivity index (χ0n) is 12.4. The van der Waals surface area contributed by atoms with Crippen molar-refractivity contribution in [3.8, 4) is 17.2 Å². The average Bonchev–Trinajstić information content (AvgIpc) is 2.92. The van der Waals surface area contributed by atoms with Crippen molar-refractivity contribution in [2.75, 3.05) is 27.9 Å². The number of benzene rings is 1. The standard InChI is InChI=1S/C15H22O5/c1-15(8-5-9-20-15)14(16)10-6-7-11(17-2)13(19-4)12(10)18-3/h6-7,14,16H,5,8-9H2,1-4H3. The van der Waals surface area contributed by atoms with E-state index in [0.717, 1.165) is 12.8 Å². The molecule has 2 atom stereocenters. The molecule has 5 nitrogen and oxygen atoms in total. The molecule has 0 aliphatic carbocycles. The van der Waals surface area contributed by atoms with Crippen LogP contribution in [0.25, 0.3) is 0 Å². The van der Waals surface area contributed by atoms with Gasteiger partial charge in [0.1, 0.15) is 6.10 Å². The monoisotopic (exact) mass is 282 g/mol. The van der Waals surface area contributed by atoms with E-state index in [2.05, 4.69) is 0 Å². The van der Waals surface area contributed by atoms with E-state index in [1.165, 1.54) is 0 Å². The van der Waals surface area contributed by atoms with E-state index in [0.29, 0.717) is 29.4 Å². The highest BCUT2D eigenvalue weighted by atomic mass is 16.5. The second-order valence-corrected chi connectivity index (χ2v) is 5.09. The Morgan fingerprint density at radius 3 is 2.35 bits per heavy atom. The molecule has 0 spiro atoms. The van der Waals surface area contributed by atoms with E-state index in [9.17, 15) is 5.11 Å². The molecule has 1 N–H and O–H groups in total. The van der Waals surface area contributed by atoms with Crippen LogP contribution in [0.3, 0.4) is 0 Å². The maximum absolute atomic E-state index is 10.7. The van der Waals surface area contributed by atoms with Crippen LogP contribution in [0, 0.1) is 0 Å². The zero-order chi connectivity index (χ0) is 14.8. The number of rotatable bonds is 5. The van der Waals surface area contributed by atoms with E-state index >= 15 is 0 Å². The molecule has 1 aliphatic heterocycles. The maximum atomic E-state index is 10.7. The Morgan fingerprint density at radius 2 is 1.85 bits per heavy atom. The number of hydrogen-bond acceptors (Lipinski definition) is 5. The molecule has 2 unspecified atom stereocenters. The van der Waals surface area contributed by atoms with Crippen LogP contribution in [0.5, 0.6) is 17.2 Å². The van der Waals surface area contributed by atoms with E-state index in [1.54, 1.807) is 33.5 Å². The van der Waals surface area contributed by atoms with Crippen molar-refractivity contribution in [3.63, 3.8) is 0 Å². The Morgan fingerprint density at radius 1 is 1.15 bits per heavy atom. The predicted molar refractivity (Wildman–Crippen MR) is 74.6 cm³/mol. The molecule has 1 aromatic rings. The molecule has 1 fully saturated rings. The lowest BCUT2D eigenvalue weighted by Crippen LogP contribution is -2.32. The second kappa shape index (κ2) is 5.89. The topological polar surface area (TPSA) is 57.2 Å². The maximum Gasteiger partial charge on any atom is 0.203 e. The highest BCUT2D eigenvalue weighted by Crippen LogP contribution is 2.46. The summed E-state index contributed by atoms with van der Waals surface area (Å²) in [6.45, 7) is 2.59. The summed E-state index contributed by atoms with van der Waals surface area (Å²) in [5.74, 6) is 1.53. The van der Waals surface area contributed by atoms with Gasteiger partial charge in [-0.05, 0) is 31.9 Å². The number of aliphatic hydroxyl groups is 1. The quantitative estimate of drug-likeness (QED) is 0.898. The molecule has 2 rings (SSSR count). The fraction of sp³-hybridized carbons (Fsp3) is 0.600. The molecule has 0 saturated carbocycles. The Labute approximate surface area is 119 Å². The highest BCUT2D eigenvalue weighted by molar-refractivity contribution is 5.56. The Hall–Kier alpha value is -1.46. The molecular weight excluding hydrogens is 260 g/mol. The van der Waals surface area contributed by atoms with Crippen LogP contribution < -0.4 is 14.2 Å². The summed E-state index contributed by atoms with van der Waals surface area (Å²) in [6.07, 6.45) is 0.981. The molecule has 0 bridgehead atoms. The fourth-order valence-corrected chi connectivity index (χ4v) is 2.68. The van der Waals surface area contributed by atoms with Gasteiger partial charge < -0.3 is 24.1 Å². The summed E-state index contributed by atoms with van der Waals surface area (Å²) in [5, 5.41) is 10.7. The van der Waals surface area contributed by atoms with Crippen molar-refractivity contribution in [3.05, 3.63) is 17.7 Å². The lowest BCUT2D eigenvalue weighted by Gasteiger charge is -2.31. The largest absolute Gasteiger partial charge is 0.493 e. The van der Waals surface area contributed by atoms with Gasteiger partial charge in [0, 0.05) is 12.2 Å². The number of hydrogen-bond donors (Lipinski definition) is 1. The minimum atomic E-state index is -0.778. The molecule has 0 radical (unpaired) electrons. The normalized spacial score (nSPS) is 23.4. The van der Waals surface area contributed by atoms with Crippen molar-refractivity contribution in [1.29, 1.82) is 0 Å². The van der Waals surface area contributed by atoms with Gasteiger partial charge in [0.05, 0.1) is 26.9 Å². The molecule has 112 valence electrons. The van der Waals surface area contributed by atoms with Crippen LogP contribution in [0.4, 0.5) is 0 Å². The van der Waals surface area contributed by atoms with Crippen LogP contribution in [-0.2, 0) is 4.74 Å². The molecule has 1 aromatic carbocycles. The third-order valence-corrected chi connectivity index (χ3v) is 3.86. The average molecular weight is 282 g/mol. The first-order valence-corrected chi connectivity index (χ1v) is 6.68. The Balaban J connectivity index is 2.45. The minimum Gasteiger partial charge on any atom is -0.493 e. The van der Waals surface area contributed by atoms with Crippen molar-refractivity contribution in [2.45, 2.75) is 31.5 Å². The molecule has 0 aromatic heterocycles. The van der Waals surface area contributed by atoms with Gasteiger partial charge in [-0.1, -0.05) is 0 Å². The van der Waals surface area contributed by atoms with Crippen LogP contribution in [0.1, 0.15) is 31.4 Å². The van der Waals surface area contributed by atoms with Gasteiger partial charge in [0.25, 0.3) is 0 Å². The second-order valence-electron chi connectivity index (χ2n) is 5.09. The van der Waals surface area contributed by atoms with E-state index in [4.69, 9.17) is 18.9 Å². The van der Waals surface area contributed by atoms with Gasteiger partial charge >= 0.3 is 0 Å². The third-order valence-electron chi connectivity index (χ3n) is 3.86. The Kier molecular flexibility index (Phi) is 4.40. The molecule has 0 amide bonds. The van der Waals surface area contributed by atoms with Crippen molar-refractivity contribution >= 4 is 0 Å². The molecule has 1 heterocycles. The first kappa shape index (κ1) is 14.9. The summed E-state index contributed by atoms with van der Waals surface area (Å²) < 4.78 is 21.7. The van der Waals surface area contributed by atoms with Gasteiger partial charge in [-0.3, -0.25) is 0 Å². The van der Waals surface area contributed by atoms with Gasteiger partial charge in [0.2, 0.25) is 5.75 Å².